The van der Waals surface area contributed by atoms with Crippen LogP contribution in [0.1, 0.15) is 24.8 Å². The van der Waals surface area contributed by atoms with Crippen molar-refractivity contribution in [3.63, 3.8) is 0 Å². The highest BCUT2D eigenvalue weighted by atomic mass is 15.1. The minimum Gasteiger partial charge on any atom is -0.371 e. The largest absolute Gasteiger partial charge is 0.371 e. The van der Waals surface area contributed by atoms with Crippen molar-refractivity contribution in [2.24, 2.45) is 0 Å². The van der Waals surface area contributed by atoms with Crippen molar-refractivity contribution in [3.8, 4) is 0 Å². The van der Waals surface area contributed by atoms with Crippen molar-refractivity contribution in [3.05, 3.63) is 54.5 Å². The van der Waals surface area contributed by atoms with Gasteiger partial charge in [-0.15, -0.1) is 0 Å². The summed E-state index contributed by atoms with van der Waals surface area (Å²) in [6.07, 6.45) is 9.24. The van der Waals surface area contributed by atoms with Crippen LogP contribution in [0.25, 0.3) is 11.0 Å². The van der Waals surface area contributed by atoms with Crippen LogP contribution in [-0.2, 0) is 6.54 Å². The van der Waals surface area contributed by atoms with E-state index in [9.17, 15) is 0 Å². The highest BCUT2D eigenvalue weighted by molar-refractivity contribution is 5.74. The fourth-order valence-corrected chi connectivity index (χ4v) is 3.18. The molecule has 0 amide bonds. The minimum absolute atomic E-state index is 0.725. The van der Waals surface area contributed by atoms with Gasteiger partial charge in [-0.25, -0.2) is 4.98 Å². The summed E-state index contributed by atoms with van der Waals surface area (Å²) >= 11 is 0. The standard InChI is InChI=1S/C19H21N5/c1-2-10-24(11-3-1)16-6-7-22-19(13-16)23-14-15-4-5-17-18(12-15)21-9-8-20-17/h4-9,12-13H,1-3,10-11,14H2,(H,22,23). The molecule has 0 radical (unpaired) electrons. The number of pyridine rings is 1. The van der Waals surface area contributed by atoms with Gasteiger partial charge in [0.2, 0.25) is 0 Å². The summed E-state index contributed by atoms with van der Waals surface area (Å²) in [6.45, 7) is 3.02. The molecule has 5 heteroatoms. The SMILES string of the molecule is c1cc(N2CCCCC2)cc(NCc2ccc3nccnc3c2)n1. The van der Waals surface area contributed by atoms with Gasteiger partial charge in [0, 0.05) is 50.0 Å². The van der Waals surface area contributed by atoms with E-state index in [2.05, 4.69) is 49.4 Å². The van der Waals surface area contributed by atoms with Gasteiger partial charge in [-0.2, -0.15) is 0 Å². The van der Waals surface area contributed by atoms with E-state index in [-0.39, 0.29) is 0 Å². The molecule has 4 rings (SSSR count). The van der Waals surface area contributed by atoms with Crippen LogP contribution in [0.3, 0.4) is 0 Å². The van der Waals surface area contributed by atoms with Gasteiger partial charge in [-0.1, -0.05) is 6.07 Å². The van der Waals surface area contributed by atoms with Gasteiger partial charge in [0.15, 0.2) is 0 Å². The lowest BCUT2D eigenvalue weighted by Gasteiger charge is -2.28. The zero-order valence-electron chi connectivity index (χ0n) is 13.7. The summed E-state index contributed by atoms with van der Waals surface area (Å²) < 4.78 is 0. The first-order valence-corrected chi connectivity index (χ1v) is 8.53. The number of aromatic nitrogens is 3. The number of hydrogen-bond acceptors (Lipinski definition) is 5. The number of rotatable bonds is 4. The van der Waals surface area contributed by atoms with Crippen molar-refractivity contribution in [2.45, 2.75) is 25.8 Å². The van der Waals surface area contributed by atoms with E-state index in [0.717, 1.165) is 36.5 Å². The minimum atomic E-state index is 0.725. The molecule has 0 bridgehead atoms. The molecule has 0 unspecified atom stereocenters. The molecule has 0 atom stereocenters. The second-order valence-corrected chi connectivity index (χ2v) is 6.18. The number of anilines is 2. The van der Waals surface area contributed by atoms with Crippen molar-refractivity contribution in [1.29, 1.82) is 0 Å². The van der Waals surface area contributed by atoms with Gasteiger partial charge >= 0.3 is 0 Å². The Kier molecular flexibility index (Phi) is 4.23. The zero-order chi connectivity index (χ0) is 16.2. The van der Waals surface area contributed by atoms with Crippen molar-refractivity contribution >= 4 is 22.5 Å². The maximum Gasteiger partial charge on any atom is 0.128 e. The third kappa shape index (κ3) is 3.30. The molecular weight excluding hydrogens is 298 g/mol. The lowest BCUT2D eigenvalue weighted by atomic mass is 10.1. The van der Waals surface area contributed by atoms with Gasteiger partial charge in [-0.05, 0) is 43.0 Å². The van der Waals surface area contributed by atoms with Crippen molar-refractivity contribution in [2.75, 3.05) is 23.3 Å². The number of benzene rings is 1. The van der Waals surface area contributed by atoms with Crippen LogP contribution in [0.5, 0.6) is 0 Å². The fraction of sp³-hybridized carbons (Fsp3) is 0.316. The third-order valence-electron chi connectivity index (χ3n) is 4.47. The predicted molar refractivity (Wildman–Crippen MR) is 97.2 cm³/mol. The van der Waals surface area contributed by atoms with Crippen LogP contribution in [0.2, 0.25) is 0 Å². The lowest BCUT2D eigenvalue weighted by molar-refractivity contribution is 0.578. The molecule has 0 spiro atoms. The molecule has 1 aromatic carbocycles. The summed E-state index contributed by atoms with van der Waals surface area (Å²) in [5.74, 6) is 0.914. The monoisotopic (exact) mass is 319 g/mol. The number of fused-ring (bicyclic) bond motifs is 1. The highest BCUT2D eigenvalue weighted by Gasteiger charge is 2.11. The Morgan fingerprint density at radius 1 is 0.833 bits per heavy atom. The van der Waals surface area contributed by atoms with Crippen LogP contribution >= 0.6 is 0 Å². The molecule has 1 fully saturated rings. The Hall–Kier alpha value is -2.69. The lowest BCUT2D eigenvalue weighted by Crippen LogP contribution is -2.29. The van der Waals surface area contributed by atoms with Gasteiger partial charge in [0.1, 0.15) is 5.82 Å². The van der Waals surface area contributed by atoms with Crippen LogP contribution in [0.15, 0.2) is 48.9 Å². The number of nitrogens with zero attached hydrogens (tertiary/aromatic N) is 4. The normalized spacial score (nSPS) is 14.8. The van der Waals surface area contributed by atoms with Crippen LogP contribution < -0.4 is 10.2 Å². The summed E-state index contributed by atoms with van der Waals surface area (Å²) in [4.78, 5) is 15.6. The summed E-state index contributed by atoms with van der Waals surface area (Å²) in [5, 5.41) is 3.42. The van der Waals surface area contributed by atoms with E-state index in [1.165, 1.54) is 30.5 Å². The first-order chi connectivity index (χ1) is 11.9. The Morgan fingerprint density at radius 3 is 2.54 bits per heavy atom. The van der Waals surface area contributed by atoms with E-state index in [0.29, 0.717) is 0 Å². The molecule has 2 aromatic heterocycles. The molecule has 3 aromatic rings. The average Bonchev–Trinajstić information content (AvgIpc) is 2.67. The molecule has 122 valence electrons. The molecule has 5 nitrogen and oxygen atoms in total. The van der Waals surface area contributed by atoms with Crippen LogP contribution in [0, 0.1) is 0 Å². The van der Waals surface area contributed by atoms with Gasteiger partial charge in [0.05, 0.1) is 11.0 Å². The van der Waals surface area contributed by atoms with E-state index in [4.69, 9.17) is 0 Å². The van der Waals surface area contributed by atoms with Crippen LogP contribution in [-0.4, -0.2) is 28.0 Å². The fourth-order valence-electron chi connectivity index (χ4n) is 3.18. The van der Waals surface area contributed by atoms with E-state index < -0.39 is 0 Å². The Bertz CT molecular complexity index is 827. The topological polar surface area (TPSA) is 53.9 Å². The van der Waals surface area contributed by atoms with Crippen LogP contribution in [0.4, 0.5) is 11.5 Å². The van der Waals surface area contributed by atoms with Crippen molar-refractivity contribution in [1.82, 2.24) is 15.0 Å². The predicted octanol–water partition coefficient (Wildman–Crippen LogP) is 3.63. The molecular formula is C19H21N5. The molecule has 0 saturated carbocycles. The first-order valence-electron chi connectivity index (χ1n) is 8.53. The molecule has 0 aliphatic carbocycles. The molecule has 1 aliphatic rings. The second kappa shape index (κ2) is 6.83. The average molecular weight is 319 g/mol. The quantitative estimate of drug-likeness (QED) is 0.796. The van der Waals surface area contributed by atoms with Gasteiger partial charge < -0.3 is 10.2 Å². The maximum atomic E-state index is 4.45. The first kappa shape index (κ1) is 14.9. The summed E-state index contributed by atoms with van der Waals surface area (Å²) in [5.41, 5.74) is 4.28. The van der Waals surface area contributed by atoms with E-state index in [1.807, 2.05) is 12.3 Å². The summed E-state index contributed by atoms with van der Waals surface area (Å²) in [7, 11) is 0. The molecule has 3 heterocycles. The number of nitrogens with one attached hydrogen (secondary N) is 1. The van der Waals surface area contributed by atoms with Gasteiger partial charge in [-0.3, -0.25) is 9.97 Å². The maximum absolute atomic E-state index is 4.45. The summed E-state index contributed by atoms with van der Waals surface area (Å²) in [6, 6.07) is 10.4. The molecule has 1 N–H and O–H groups in total. The number of hydrogen-bond donors (Lipinski definition) is 1. The molecule has 1 saturated heterocycles. The zero-order valence-corrected chi connectivity index (χ0v) is 13.7. The van der Waals surface area contributed by atoms with E-state index >= 15 is 0 Å². The smallest absolute Gasteiger partial charge is 0.128 e. The molecule has 1 aliphatic heterocycles. The third-order valence-corrected chi connectivity index (χ3v) is 4.47. The Morgan fingerprint density at radius 2 is 1.67 bits per heavy atom. The second-order valence-electron chi connectivity index (χ2n) is 6.18. The van der Waals surface area contributed by atoms with Gasteiger partial charge in [0.25, 0.3) is 0 Å². The highest BCUT2D eigenvalue weighted by Crippen LogP contribution is 2.22. The van der Waals surface area contributed by atoms with E-state index in [1.54, 1.807) is 12.4 Å². The number of piperidine rings is 1. The molecule has 24 heavy (non-hydrogen) atoms. The van der Waals surface area contributed by atoms with Crippen molar-refractivity contribution < 1.29 is 0 Å². The Balaban J connectivity index is 1.46. The Labute approximate surface area is 141 Å².